The second kappa shape index (κ2) is 12.5. The van der Waals surface area contributed by atoms with E-state index < -0.39 is 14.4 Å². The first-order valence-electron chi connectivity index (χ1n) is 14.1. The minimum Gasteiger partial charge on any atom is -0.543 e. The number of aromatic nitrogens is 3. The molecule has 0 saturated carbocycles. The summed E-state index contributed by atoms with van der Waals surface area (Å²) in [5, 5.41) is 15.6. The lowest BCUT2D eigenvalue weighted by Crippen LogP contribution is -2.43. The molecule has 1 aliphatic rings. The molecular formula is C30H45N3O5Si. The highest BCUT2D eigenvalue weighted by molar-refractivity contribution is 6.74. The molecule has 3 heterocycles. The standard InChI is InChI=1S/C30H45N3O5Si/c1-21(34)20-35-14-15-36-22(2)23-16-24(19-31-18-23)29-26-17-25(38-39(6,7)30(3,4)5)11-12-27(26)33(32-29)28-10-8-9-13-37-28/h11-12,16-19,21-22,28,34H,8-10,13-15,20H2,1-7H3/t21-,22+,28?/m1/s1. The number of fused-ring (bicyclic) bond motifs is 1. The summed E-state index contributed by atoms with van der Waals surface area (Å²) >= 11 is 0. The summed E-state index contributed by atoms with van der Waals surface area (Å²) in [5.74, 6) is 0.873. The number of hydrogen-bond acceptors (Lipinski definition) is 7. The summed E-state index contributed by atoms with van der Waals surface area (Å²) in [7, 11) is -2.01. The van der Waals surface area contributed by atoms with Gasteiger partial charge in [-0.2, -0.15) is 5.10 Å². The quantitative estimate of drug-likeness (QED) is 0.209. The molecule has 0 bridgehead atoms. The normalized spacial score (nSPS) is 18.3. The Hall–Kier alpha value is -2.30. The van der Waals surface area contributed by atoms with E-state index in [0.29, 0.717) is 19.8 Å². The Balaban J connectivity index is 1.65. The van der Waals surface area contributed by atoms with E-state index in [4.69, 9.17) is 23.7 Å². The molecule has 1 aliphatic heterocycles. The molecule has 1 saturated heterocycles. The minimum atomic E-state index is -2.01. The lowest BCUT2D eigenvalue weighted by Gasteiger charge is -2.36. The van der Waals surface area contributed by atoms with Crippen molar-refractivity contribution in [1.82, 2.24) is 14.8 Å². The predicted molar refractivity (Wildman–Crippen MR) is 156 cm³/mol. The van der Waals surface area contributed by atoms with Gasteiger partial charge in [0.25, 0.3) is 0 Å². The lowest BCUT2D eigenvalue weighted by atomic mass is 10.1. The molecule has 9 heteroatoms. The van der Waals surface area contributed by atoms with Gasteiger partial charge in [0.05, 0.1) is 37.5 Å². The molecule has 0 aliphatic carbocycles. The van der Waals surface area contributed by atoms with Gasteiger partial charge in [-0.3, -0.25) is 4.98 Å². The smallest absolute Gasteiger partial charge is 0.250 e. The van der Waals surface area contributed by atoms with Gasteiger partial charge in [0.15, 0.2) is 6.23 Å². The molecule has 0 spiro atoms. The van der Waals surface area contributed by atoms with Crippen molar-refractivity contribution >= 4 is 19.2 Å². The molecule has 0 amide bonds. The van der Waals surface area contributed by atoms with Gasteiger partial charge >= 0.3 is 0 Å². The van der Waals surface area contributed by atoms with Gasteiger partial charge in [0.2, 0.25) is 8.32 Å². The maximum atomic E-state index is 9.35. The highest BCUT2D eigenvalue weighted by Gasteiger charge is 2.39. The average molecular weight is 556 g/mol. The highest BCUT2D eigenvalue weighted by Crippen LogP contribution is 2.40. The van der Waals surface area contributed by atoms with Crippen LogP contribution in [-0.4, -0.2) is 60.7 Å². The average Bonchev–Trinajstić information content (AvgIpc) is 3.27. The van der Waals surface area contributed by atoms with Crippen LogP contribution in [0.2, 0.25) is 18.1 Å². The number of rotatable bonds is 11. The third kappa shape index (κ3) is 7.26. The molecule has 2 aromatic heterocycles. The van der Waals surface area contributed by atoms with E-state index in [1.807, 2.05) is 24.0 Å². The van der Waals surface area contributed by atoms with E-state index in [2.05, 4.69) is 63.1 Å². The third-order valence-electron chi connectivity index (χ3n) is 7.74. The molecule has 3 atom stereocenters. The van der Waals surface area contributed by atoms with Crippen molar-refractivity contribution in [2.45, 2.75) is 90.4 Å². The Morgan fingerprint density at radius 3 is 2.62 bits per heavy atom. The van der Waals surface area contributed by atoms with Gasteiger partial charge in [0, 0.05) is 30.0 Å². The van der Waals surface area contributed by atoms with Crippen molar-refractivity contribution in [1.29, 1.82) is 0 Å². The Bertz CT molecular complexity index is 1230. The van der Waals surface area contributed by atoms with Gasteiger partial charge in [-0.1, -0.05) is 20.8 Å². The van der Waals surface area contributed by atoms with E-state index in [9.17, 15) is 5.11 Å². The second-order valence-electron chi connectivity index (χ2n) is 12.1. The maximum absolute atomic E-state index is 9.35. The van der Waals surface area contributed by atoms with Crippen LogP contribution in [0.5, 0.6) is 5.75 Å². The summed E-state index contributed by atoms with van der Waals surface area (Å²) < 4.78 is 26.2. The molecule has 0 radical (unpaired) electrons. The van der Waals surface area contributed by atoms with Crippen LogP contribution in [0.25, 0.3) is 22.2 Å². The summed E-state index contributed by atoms with van der Waals surface area (Å²) in [6.07, 6.45) is 6.12. The predicted octanol–water partition coefficient (Wildman–Crippen LogP) is 6.66. The lowest BCUT2D eigenvalue weighted by molar-refractivity contribution is -0.0365. The van der Waals surface area contributed by atoms with Gasteiger partial charge in [0.1, 0.15) is 11.4 Å². The van der Waals surface area contributed by atoms with Crippen LogP contribution >= 0.6 is 0 Å². The number of ether oxygens (including phenoxy) is 3. The van der Waals surface area contributed by atoms with E-state index in [1.54, 1.807) is 6.92 Å². The Morgan fingerprint density at radius 1 is 1.13 bits per heavy atom. The van der Waals surface area contributed by atoms with Crippen molar-refractivity contribution in [3.63, 3.8) is 0 Å². The zero-order valence-corrected chi connectivity index (χ0v) is 25.6. The molecule has 39 heavy (non-hydrogen) atoms. The van der Waals surface area contributed by atoms with Crippen LogP contribution in [-0.2, 0) is 14.2 Å². The number of benzene rings is 1. The van der Waals surface area contributed by atoms with Crippen LogP contribution < -0.4 is 4.43 Å². The first kappa shape index (κ1) is 29.7. The van der Waals surface area contributed by atoms with Crippen molar-refractivity contribution in [2.75, 3.05) is 26.4 Å². The van der Waals surface area contributed by atoms with Crippen LogP contribution in [0.1, 0.15) is 71.8 Å². The number of pyridine rings is 1. The third-order valence-corrected chi connectivity index (χ3v) is 12.1. The molecule has 1 unspecified atom stereocenters. The summed E-state index contributed by atoms with van der Waals surface area (Å²) in [6, 6.07) is 8.41. The number of aliphatic hydroxyl groups is 1. The fourth-order valence-corrected chi connectivity index (χ4v) is 5.45. The molecule has 1 N–H and O–H groups in total. The number of hydrogen-bond donors (Lipinski definition) is 1. The Morgan fingerprint density at radius 2 is 1.92 bits per heavy atom. The molecule has 1 aromatic carbocycles. The highest BCUT2D eigenvalue weighted by atomic mass is 28.4. The molecule has 4 rings (SSSR count). The zero-order chi connectivity index (χ0) is 28.2. The van der Waals surface area contributed by atoms with Crippen LogP contribution in [0.3, 0.4) is 0 Å². The molecule has 1 fully saturated rings. The van der Waals surface area contributed by atoms with E-state index >= 15 is 0 Å². The molecule has 8 nitrogen and oxygen atoms in total. The second-order valence-corrected chi connectivity index (χ2v) is 16.8. The Labute approximate surface area is 233 Å². The molecule has 3 aromatic rings. The van der Waals surface area contributed by atoms with Crippen LogP contribution in [0.15, 0.2) is 36.7 Å². The first-order chi connectivity index (χ1) is 18.5. The zero-order valence-electron chi connectivity index (χ0n) is 24.6. The van der Waals surface area contributed by atoms with E-state index in [1.165, 1.54) is 0 Å². The van der Waals surface area contributed by atoms with Gasteiger partial charge in [-0.15, -0.1) is 0 Å². The van der Waals surface area contributed by atoms with Gasteiger partial charge in [-0.05, 0) is 81.1 Å². The van der Waals surface area contributed by atoms with Crippen LogP contribution in [0.4, 0.5) is 0 Å². The first-order valence-corrected chi connectivity index (χ1v) is 17.0. The van der Waals surface area contributed by atoms with Crippen molar-refractivity contribution in [3.05, 3.63) is 42.2 Å². The monoisotopic (exact) mass is 555 g/mol. The van der Waals surface area contributed by atoms with Crippen LogP contribution in [0, 0.1) is 0 Å². The van der Waals surface area contributed by atoms with Crippen molar-refractivity contribution in [2.24, 2.45) is 0 Å². The topological polar surface area (TPSA) is 87.9 Å². The molecular weight excluding hydrogens is 510 g/mol. The van der Waals surface area contributed by atoms with Crippen molar-refractivity contribution < 1.29 is 23.7 Å². The van der Waals surface area contributed by atoms with Gasteiger partial charge in [-0.25, -0.2) is 4.68 Å². The van der Waals surface area contributed by atoms with E-state index in [-0.39, 0.29) is 17.4 Å². The largest absolute Gasteiger partial charge is 0.543 e. The maximum Gasteiger partial charge on any atom is 0.250 e. The van der Waals surface area contributed by atoms with E-state index in [0.717, 1.165) is 59.3 Å². The number of nitrogens with zero attached hydrogens (tertiary/aromatic N) is 3. The number of aliphatic hydroxyl groups excluding tert-OH is 1. The summed E-state index contributed by atoms with van der Waals surface area (Å²) in [6.45, 7) is 16.9. The van der Waals surface area contributed by atoms with Crippen molar-refractivity contribution in [3.8, 4) is 17.0 Å². The SMILES string of the molecule is C[C@H](OCCOC[C@@H](C)O)c1cncc(-c2nn(C3CCCCO3)c3ccc(O[Si](C)(C)C(C)(C)C)cc23)c1. The fraction of sp³-hybridized carbons (Fsp3) is 0.600. The fourth-order valence-electron chi connectivity index (χ4n) is 4.42. The van der Waals surface area contributed by atoms with Gasteiger partial charge < -0.3 is 23.7 Å². The summed E-state index contributed by atoms with van der Waals surface area (Å²) in [4.78, 5) is 4.54. The minimum absolute atomic E-state index is 0.0813. The Kier molecular flexibility index (Phi) is 9.49. The summed E-state index contributed by atoms with van der Waals surface area (Å²) in [5.41, 5.74) is 3.79. The molecule has 214 valence electrons.